The first-order valence-electron chi connectivity index (χ1n) is 21.0. The molecule has 8 aromatic carbocycles. The molecule has 0 saturated heterocycles. The average molecular weight is 1130 g/mol. The van der Waals surface area contributed by atoms with E-state index in [9.17, 15) is 0 Å². The summed E-state index contributed by atoms with van der Waals surface area (Å²) in [5, 5.41) is 6.01. The van der Waals surface area contributed by atoms with Gasteiger partial charge in [0, 0.05) is 10.8 Å². The van der Waals surface area contributed by atoms with Crippen LogP contribution in [-0.4, -0.2) is 5.90 Å². The van der Waals surface area contributed by atoms with Crippen molar-refractivity contribution >= 4 is 37.1 Å². The van der Waals surface area contributed by atoms with Crippen molar-refractivity contribution in [3.05, 3.63) is 252 Å². The van der Waals surface area contributed by atoms with Gasteiger partial charge in [0.25, 0.3) is 0 Å². The Bertz CT molecular complexity index is 2700. The molecule has 0 radical (unpaired) electrons. The summed E-state index contributed by atoms with van der Waals surface area (Å²) in [6.45, 7) is 8.99. The molecule has 0 fully saturated rings. The van der Waals surface area contributed by atoms with Crippen LogP contribution < -0.4 is 21.2 Å². The predicted molar refractivity (Wildman–Crippen MR) is 266 cm³/mol. The van der Waals surface area contributed by atoms with Crippen molar-refractivity contribution in [1.29, 1.82) is 0 Å². The fourth-order valence-electron chi connectivity index (χ4n) is 9.06. The number of hydrogen-bond acceptors (Lipinski definition) is 0. The Hall–Kier alpha value is -4.78. The van der Waals surface area contributed by atoms with Gasteiger partial charge in [0.2, 0.25) is 0 Å². The normalized spacial score (nSPS) is 12.8. The molecule has 0 nitrogen and oxygen atoms in total. The van der Waals surface area contributed by atoms with Crippen LogP contribution in [0.4, 0.5) is 0 Å². The van der Waals surface area contributed by atoms with Crippen LogP contribution in [0.2, 0.25) is 0 Å². The van der Waals surface area contributed by atoms with Crippen LogP contribution >= 0.6 is 15.8 Å². The molecule has 316 valence electrons. The van der Waals surface area contributed by atoms with Crippen LogP contribution in [0.3, 0.4) is 0 Å². The maximum atomic E-state index is 7.25. The van der Waals surface area contributed by atoms with Gasteiger partial charge in [0.1, 0.15) is 37.1 Å². The molecule has 2 aliphatic rings. The molecule has 0 spiro atoms. The van der Waals surface area contributed by atoms with E-state index < -0.39 is 15.8 Å². The van der Waals surface area contributed by atoms with Gasteiger partial charge >= 0.3 is 44.8 Å². The Balaban J connectivity index is 0.000000161. The van der Waals surface area contributed by atoms with Crippen molar-refractivity contribution in [2.75, 3.05) is 5.90 Å². The van der Waals surface area contributed by atoms with Gasteiger partial charge < -0.3 is 12.8 Å². The van der Waals surface area contributed by atoms with Crippen LogP contribution in [0.1, 0.15) is 61.1 Å². The summed E-state index contributed by atoms with van der Waals surface area (Å²) >= 11 is 0. The molecule has 8 aromatic rings. The van der Waals surface area contributed by atoms with E-state index >= 15 is 0 Å². The van der Waals surface area contributed by atoms with Gasteiger partial charge in [-0.05, 0) is 93.0 Å². The van der Waals surface area contributed by atoms with E-state index in [1.165, 1.54) is 71.6 Å². The molecular weight excluding hydrogens is 1080 g/mol. The van der Waals surface area contributed by atoms with E-state index in [1.807, 2.05) is 12.1 Å². The fourth-order valence-corrected chi connectivity index (χ4v) is 16.8. The second-order valence-electron chi connectivity index (χ2n) is 16.7. The zero-order chi connectivity index (χ0) is 42.4. The standard InChI is InChI=1S/C25H22P2.2C17H13.Ag.Au/c1-5-13-22(14-6-1)26(23-15-7-2-8-16-23)21-27(24-17-9-3-10-18-24)25-19-11-4-12-20-25;1-4-12-9-10-16-14(11-12)13-7-5-6-8-15(13)17(16,2)3;1-4-12-9-10-14-13-7-5-6-8-15(13)17(2,3)16(14)11-12;;/h1-20H,21H2;2*5-11H,2-3H3;;/q;2*-1;2*+1/p+2. The van der Waals surface area contributed by atoms with E-state index in [4.69, 9.17) is 12.8 Å². The van der Waals surface area contributed by atoms with Gasteiger partial charge in [-0.3, -0.25) is 11.8 Å². The summed E-state index contributed by atoms with van der Waals surface area (Å²) in [7, 11) is -1.69. The quantitative estimate of drug-likeness (QED) is 0.0674. The first-order valence-corrected chi connectivity index (χ1v) is 24.4. The molecule has 0 atom stereocenters. The van der Waals surface area contributed by atoms with Crippen LogP contribution in [-0.2, 0) is 55.6 Å². The Morgan fingerprint density at radius 1 is 0.365 bits per heavy atom. The van der Waals surface area contributed by atoms with Gasteiger partial charge in [0.05, 0.1) is 0 Å². The number of hydrogen-bond donors (Lipinski definition) is 0. The van der Waals surface area contributed by atoms with Crippen molar-refractivity contribution in [1.82, 2.24) is 0 Å². The van der Waals surface area contributed by atoms with E-state index in [0.717, 1.165) is 11.1 Å². The molecule has 0 aromatic heterocycles. The van der Waals surface area contributed by atoms with Gasteiger partial charge in [-0.1, -0.05) is 161 Å². The average Bonchev–Trinajstić information content (AvgIpc) is 3.69. The molecule has 2 aliphatic carbocycles. The van der Waals surface area contributed by atoms with E-state index in [0.29, 0.717) is 0 Å². The summed E-state index contributed by atoms with van der Waals surface area (Å²) in [6.07, 6.45) is 14.5. The maximum Gasteiger partial charge on any atom is 1.00 e. The second kappa shape index (κ2) is 21.3. The van der Waals surface area contributed by atoms with Crippen molar-refractivity contribution in [2.24, 2.45) is 0 Å². The zero-order valence-electron chi connectivity index (χ0n) is 35.9. The molecule has 0 aliphatic heterocycles. The molecule has 0 amide bonds. The van der Waals surface area contributed by atoms with Gasteiger partial charge in [0.15, 0.2) is 5.90 Å². The molecule has 10 rings (SSSR count). The number of benzene rings is 8. The first-order chi connectivity index (χ1) is 29.7. The van der Waals surface area contributed by atoms with Crippen LogP contribution in [0.25, 0.3) is 22.3 Å². The van der Waals surface area contributed by atoms with E-state index in [1.54, 1.807) is 0 Å². The predicted octanol–water partition coefficient (Wildman–Crippen LogP) is 12.5. The summed E-state index contributed by atoms with van der Waals surface area (Å²) in [5.74, 6) is 6.18. The second-order valence-corrected chi connectivity index (χ2v) is 22.3. The summed E-state index contributed by atoms with van der Waals surface area (Å²) < 4.78 is 0. The Kier molecular flexibility index (Phi) is 16.1. The number of fused-ring (bicyclic) bond motifs is 6. The third-order valence-corrected chi connectivity index (χ3v) is 19.2. The van der Waals surface area contributed by atoms with Crippen LogP contribution in [0, 0.1) is 24.7 Å². The Labute approximate surface area is 409 Å². The largest absolute Gasteiger partial charge is 1.00 e. The molecule has 0 saturated carbocycles. The number of rotatable bonds is 6. The van der Waals surface area contributed by atoms with Gasteiger partial charge in [-0.15, -0.1) is 35.4 Å². The minimum Gasteiger partial charge on any atom is -0.366 e. The fraction of sp³-hybridized carbons (Fsp3) is 0.119. The molecule has 0 heterocycles. The Morgan fingerprint density at radius 3 is 1.11 bits per heavy atom. The minimum absolute atomic E-state index is 0. The molecular formula is C59H50AgAuP2+2. The van der Waals surface area contributed by atoms with Crippen molar-refractivity contribution in [2.45, 2.75) is 38.5 Å². The van der Waals surface area contributed by atoms with E-state index in [-0.39, 0.29) is 55.6 Å². The van der Waals surface area contributed by atoms with Crippen molar-refractivity contribution < 1.29 is 44.8 Å². The molecule has 4 heteroatoms. The van der Waals surface area contributed by atoms with Crippen LogP contribution in [0.5, 0.6) is 0 Å². The Morgan fingerprint density at radius 2 is 0.683 bits per heavy atom. The first kappa shape index (κ1) is 47.7. The molecule has 63 heavy (non-hydrogen) atoms. The third kappa shape index (κ3) is 10.1. The van der Waals surface area contributed by atoms with E-state index in [2.05, 4.69) is 234 Å². The summed E-state index contributed by atoms with van der Waals surface area (Å²) in [4.78, 5) is 0. The molecule has 0 unspecified atom stereocenters. The third-order valence-electron chi connectivity index (χ3n) is 12.3. The molecule has 0 N–H and O–H groups in total. The summed E-state index contributed by atoms with van der Waals surface area (Å²) in [5.41, 5.74) is 12.3. The monoisotopic (exact) mass is 1120 g/mol. The smallest absolute Gasteiger partial charge is 0.366 e. The summed E-state index contributed by atoms with van der Waals surface area (Å²) in [6, 6.07) is 73.9. The van der Waals surface area contributed by atoms with Crippen LogP contribution in [0.15, 0.2) is 206 Å². The van der Waals surface area contributed by atoms with Crippen molar-refractivity contribution in [3.63, 3.8) is 0 Å². The SMILES string of the molecule is [Ag+].[Au+].[C-]#Cc1ccc2c(c1)-c1ccccc1C2(C)C.[C-]#Cc1ccc2c(c1)C(C)(C)c1ccccc1-2.c1ccc([PH+](C[PH+](c2ccccc2)c2ccccc2)c2ccccc2)cc1. The maximum absolute atomic E-state index is 7.25. The van der Waals surface area contributed by atoms with Crippen molar-refractivity contribution in [3.8, 4) is 34.1 Å². The zero-order valence-corrected chi connectivity index (χ0v) is 41.6. The molecule has 0 bridgehead atoms. The topological polar surface area (TPSA) is 0 Å². The van der Waals surface area contributed by atoms with Gasteiger partial charge in [-0.25, -0.2) is 0 Å². The van der Waals surface area contributed by atoms with Gasteiger partial charge in [-0.2, -0.15) is 0 Å². The minimum atomic E-state index is -0.847.